The minimum Gasteiger partial charge on any atom is -0.299 e. The summed E-state index contributed by atoms with van der Waals surface area (Å²) in [5, 5.41) is 0. The number of Topliss-reactive ketones (excluding diaryl/α,β-unsaturated/α-hetero) is 2. The molecule has 1 unspecified atom stereocenters. The first-order valence-corrected chi connectivity index (χ1v) is 4.18. The van der Waals surface area contributed by atoms with Crippen LogP contribution in [0, 0.1) is 5.92 Å². The molecule has 0 aromatic carbocycles. The third-order valence-corrected chi connectivity index (χ3v) is 2.36. The quantitative estimate of drug-likeness (QED) is 0.599. The monoisotopic (exact) mass is 175 g/mol. The van der Waals surface area contributed by atoms with Gasteiger partial charge in [-0.05, 0) is 25.0 Å². The highest BCUT2D eigenvalue weighted by atomic mass is 16.2. The Bertz CT molecular complexity index is 384. The van der Waals surface area contributed by atoms with E-state index in [9.17, 15) is 9.59 Å². The van der Waals surface area contributed by atoms with Crippen molar-refractivity contribution in [2.45, 2.75) is 13.3 Å². The highest BCUT2D eigenvalue weighted by Crippen LogP contribution is 2.24. The Morgan fingerprint density at radius 3 is 3.00 bits per heavy atom. The van der Waals surface area contributed by atoms with Crippen LogP contribution in [-0.2, 0) is 11.2 Å². The first-order chi connectivity index (χ1) is 6.20. The number of nitrogens with zero attached hydrogens (tertiary/aromatic N) is 1. The van der Waals surface area contributed by atoms with Gasteiger partial charge in [-0.3, -0.25) is 14.6 Å². The second kappa shape index (κ2) is 2.76. The van der Waals surface area contributed by atoms with Crippen LogP contribution in [0.15, 0.2) is 18.3 Å². The third-order valence-electron chi connectivity index (χ3n) is 2.36. The average Bonchev–Trinajstić information content (AvgIpc) is 2.45. The van der Waals surface area contributed by atoms with Crippen LogP contribution in [0.3, 0.4) is 0 Å². The number of hydrogen-bond donors (Lipinski definition) is 0. The molecule has 0 spiro atoms. The first-order valence-electron chi connectivity index (χ1n) is 4.18. The molecule has 1 heterocycles. The van der Waals surface area contributed by atoms with Gasteiger partial charge >= 0.3 is 0 Å². The van der Waals surface area contributed by atoms with Gasteiger partial charge in [0.1, 0.15) is 11.5 Å². The van der Waals surface area contributed by atoms with Gasteiger partial charge in [0, 0.05) is 6.20 Å². The van der Waals surface area contributed by atoms with E-state index < -0.39 is 5.92 Å². The van der Waals surface area contributed by atoms with E-state index in [0.29, 0.717) is 12.1 Å². The standard InChI is InChI=1S/C10H9NO2/c1-6(12)8-5-7-3-2-4-11-9(7)10(8)13/h2-4,8H,5H2,1H3. The Morgan fingerprint density at radius 1 is 1.62 bits per heavy atom. The lowest BCUT2D eigenvalue weighted by molar-refractivity contribution is -0.119. The third kappa shape index (κ3) is 1.16. The van der Waals surface area contributed by atoms with E-state index >= 15 is 0 Å². The van der Waals surface area contributed by atoms with Gasteiger partial charge in [0.25, 0.3) is 0 Å². The van der Waals surface area contributed by atoms with Crippen molar-refractivity contribution >= 4 is 11.6 Å². The summed E-state index contributed by atoms with van der Waals surface area (Å²) < 4.78 is 0. The van der Waals surface area contributed by atoms with Crippen molar-refractivity contribution in [2.75, 3.05) is 0 Å². The van der Waals surface area contributed by atoms with Crippen molar-refractivity contribution in [2.24, 2.45) is 5.92 Å². The zero-order valence-corrected chi connectivity index (χ0v) is 7.28. The lowest BCUT2D eigenvalue weighted by Crippen LogP contribution is -2.17. The summed E-state index contributed by atoms with van der Waals surface area (Å²) in [6.07, 6.45) is 2.11. The van der Waals surface area contributed by atoms with Crippen LogP contribution in [0.1, 0.15) is 23.0 Å². The van der Waals surface area contributed by atoms with Crippen molar-refractivity contribution in [3.8, 4) is 0 Å². The van der Waals surface area contributed by atoms with E-state index in [1.165, 1.54) is 6.92 Å². The molecule has 0 amide bonds. The molecule has 0 aliphatic heterocycles. The Kier molecular flexibility index (Phi) is 1.72. The minimum absolute atomic E-state index is 0.0667. The van der Waals surface area contributed by atoms with Crippen LogP contribution in [0.25, 0.3) is 0 Å². The van der Waals surface area contributed by atoms with E-state index in [4.69, 9.17) is 0 Å². The van der Waals surface area contributed by atoms with Gasteiger partial charge < -0.3 is 0 Å². The summed E-state index contributed by atoms with van der Waals surface area (Å²) in [6, 6.07) is 3.64. The van der Waals surface area contributed by atoms with E-state index in [0.717, 1.165) is 5.56 Å². The molecule has 1 aliphatic rings. The Morgan fingerprint density at radius 2 is 2.38 bits per heavy atom. The molecule has 1 aromatic heterocycles. The molecule has 0 radical (unpaired) electrons. The molecule has 3 heteroatoms. The summed E-state index contributed by atoms with van der Waals surface area (Å²) >= 11 is 0. The fourth-order valence-corrected chi connectivity index (χ4v) is 1.63. The number of rotatable bonds is 1. The predicted molar refractivity (Wildman–Crippen MR) is 46.4 cm³/mol. The van der Waals surface area contributed by atoms with E-state index in [-0.39, 0.29) is 11.6 Å². The van der Waals surface area contributed by atoms with Crippen molar-refractivity contribution in [3.63, 3.8) is 0 Å². The number of pyridine rings is 1. The summed E-state index contributed by atoms with van der Waals surface area (Å²) in [4.78, 5) is 26.6. The topological polar surface area (TPSA) is 47.0 Å². The summed E-state index contributed by atoms with van der Waals surface area (Å²) in [6.45, 7) is 1.45. The molecule has 1 atom stereocenters. The summed E-state index contributed by atoms with van der Waals surface area (Å²) in [7, 11) is 0. The van der Waals surface area contributed by atoms with Crippen LogP contribution in [0.4, 0.5) is 0 Å². The lowest BCUT2D eigenvalue weighted by Gasteiger charge is -1.99. The molecule has 0 N–H and O–H groups in total. The van der Waals surface area contributed by atoms with Crippen molar-refractivity contribution in [1.82, 2.24) is 4.98 Å². The molecule has 0 saturated carbocycles. The van der Waals surface area contributed by atoms with Gasteiger partial charge in [-0.1, -0.05) is 6.07 Å². The molecule has 0 saturated heterocycles. The highest BCUT2D eigenvalue weighted by molar-refractivity contribution is 6.12. The van der Waals surface area contributed by atoms with Crippen LogP contribution in [0.2, 0.25) is 0 Å². The largest absolute Gasteiger partial charge is 0.299 e. The molecule has 66 valence electrons. The average molecular weight is 175 g/mol. The molecule has 0 fully saturated rings. The van der Waals surface area contributed by atoms with Crippen LogP contribution < -0.4 is 0 Å². The fraction of sp³-hybridized carbons (Fsp3) is 0.300. The molecule has 3 nitrogen and oxygen atoms in total. The SMILES string of the molecule is CC(=O)C1Cc2cccnc2C1=O. The van der Waals surface area contributed by atoms with Gasteiger partial charge in [0.2, 0.25) is 0 Å². The maximum atomic E-state index is 11.6. The Balaban J connectivity index is 2.44. The second-order valence-corrected chi connectivity index (χ2v) is 3.24. The van der Waals surface area contributed by atoms with E-state index in [2.05, 4.69) is 4.98 Å². The normalized spacial score (nSPS) is 20.1. The van der Waals surface area contributed by atoms with Gasteiger partial charge in [-0.15, -0.1) is 0 Å². The lowest BCUT2D eigenvalue weighted by atomic mass is 10.0. The molecule has 13 heavy (non-hydrogen) atoms. The zero-order chi connectivity index (χ0) is 9.42. The van der Waals surface area contributed by atoms with E-state index in [1.807, 2.05) is 6.07 Å². The number of aromatic nitrogens is 1. The summed E-state index contributed by atoms with van der Waals surface area (Å²) in [5.41, 5.74) is 1.37. The molecule has 1 aromatic rings. The fourth-order valence-electron chi connectivity index (χ4n) is 1.63. The summed E-state index contributed by atoms with van der Waals surface area (Å²) in [5.74, 6) is -0.670. The molecule has 1 aliphatic carbocycles. The van der Waals surface area contributed by atoms with Gasteiger partial charge in [-0.25, -0.2) is 0 Å². The maximum absolute atomic E-state index is 11.6. The van der Waals surface area contributed by atoms with Crippen LogP contribution in [0.5, 0.6) is 0 Å². The first kappa shape index (κ1) is 8.10. The van der Waals surface area contributed by atoms with E-state index in [1.54, 1.807) is 12.3 Å². The van der Waals surface area contributed by atoms with Crippen molar-refractivity contribution in [3.05, 3.63) is 29.6 Å². The molecule has 2 rings (SSSR count). The number of ketones is 2. The molecular weight excluding hydrogens is 166 g/mol. The molecular formula is C10H9NO2. The second-order valence-electron chi connectivity index (χ2n) is 3.24. The van der Waals surface area contributed by atoms with Crippen LogP contribution >= 0.6 is 0 Å². The number of fused-ring (bicyclic) bond motifs is 1. The van der Waals surface area contributed by atoms with Crippen molar-refractivity contribution < 1.29 is 9.59 Å². The Hall–Kier alpha value is -1.51. The maximum Gasteiger partial charge on any atom is 0.192 e. The highest BCUT2D eigenvalue weighted by Gasteiger charge is 2.34. The van der Waals surface area contributed by atoms with Crippen LogP contribution in [-0.4, -0.2) is 16.6 Å². The van der Waals surface area contributed by atoms with Gasteiger partial charge in [0.15, 0.2) is 5.78 Å². The zero-order valence-electron chi connectivity index (χ0n) is 7.28. The number of carbonyl (C=O) groups excluding carboxylic acids is 2. The predicted octanol–water partition coefficient (Wildman–Crippen LogP) is 1.03. The van der Waals surface area contributed by atoms with Gasteiger partial charge in [0.05, 0.1) is 5.92 Å². The minimum atomic E-state index is -0.482. The van der Waals surface area contributed by atoms with Gasteiger partial charge in [-0.2, -0.15) is 0 Å². The Labute approximate surface area is 75.8 Å². The van der Waals surface area contributed by atoms with Crippen molar-refractivity contribution in [1.29, 1.82) is 0 Å². The molecule has 0 bridgehead atoms. The smallest absolute Gasteiger partial charge is 0.192 e. The number of hydrogen-bond acceptors (Lipinski definition) is 3. The number of carbonyl (C=O) groups is 2.